The zero-order valence-corrected chi connectivity index (χ0v) is 20.4. The van der Waals surface area contributed by atoms with Crippen molar-refractivity contribution in [1.82, 2.24) is 4.31 Å². The number of rotatable bonds is 8. The molecule has 3 N–H and O–H groups in total. The molecule has 1 unspecified atom stereocenters. The van der Waals surface area contributed by atoms with E-state index in [2.05, 4.69) is 0 Å². The molecule has 0 aliphatic carbocycles. The Morgan fingerprint density at radius 3 is 2.43 bits per heavy atom. The topological polar surface area (TPSA) is 138 Å². The molecule has 2 amide bonds. The predicted octanol–water partition coefficient (Wildman–Crippen LogP) is 3.10. The van der Waals surface area contributed by atoms with Crippen molar-refractivity contribution in [2.45, 2.75) is 31.1 Å². The van der Waals surface area contributed by atoms with Gasteiger partial charge in [-0.3, -0.25) is 14.5 Å². The molecule has 2 aromatic carbocycles. The van der Waals surface area contributed by atoms with Crippen molar-refractivity contribution in [1.29, 1.82) is 0 Å². The molecule has 0 bridgehead atoms. The normalized spacial score (nSPS) is 16.4. The van der Waals surface area contributed by atoms with Gasteiger partial charge in [-0.25, -0.2) is 17.6 Å². The molecule has 186 valence electrons. The fourth-order valence-corrected chi connectivity index (χ4v) is 5.84. The van der Waals surface area contributed by atoms with Crippen molar-refractivity contribution < 1.29 is 32.3 Å². The van der Waals surface area contributed by atoms with Gasteiger partial charge in [0.25, 0.3) is 0 Å². The van der Waals surface area contributed by atoms with Crippen molar-refractivity contribution in [2.24, 2.45) is 5.73 Å². The Kier molecular flexibility index (Phi) is 7.63. The third kappa shape index (κ3) is 5.07. The lowest BCUT2D eigenvalue weighted by Gasteiger charge is -2.31. The summed E-state index contributed by atoms with van der Waals surface area (Å²) in [6, 6.07) is 7.30. The number of nitrogens with zero attached hydrogens (tertiary/aromatic N) is 2. The zero-order chi connectivity index (χ0) is 26.1. The number of nitrogens with two attached hydrogens (primary N) is 1. The number of hydrogen-bond acceptors (Lipinski definition) is 5. The summed E-state index contributed by atoms with van der Waals surface area (Å²) in [5.41, 5.74) is 4.88. The van der Waals surface area contributed by atoms with Crippen LogP contribution in [0.3, 0.4) is 0 Å². The van der Waals surface area contributed by atoms with Crippen molar-refractivity contribution in [2.75, 3.05) is 18.0 Å². The maximum absolute atomic E-state index is 13.8. The fourth-order valence-electron chi connectivity index (χ4n) is 3.94. The first kappa shape index (κ1) is 26.3. The largest absolute Gasteiger partial charge is 0.478 e. The average Bonchev–Trinajstić information content (AvgIpc) is 2.78. The van der Waals surface area contributed by atoms with Gasteiger partial charge in [-0.15, -0.1) is 0 Å². The summed E-state index contributed by atoms with van der Waals surface area (Å²) in [6.45, 7) is 3.42. The molecule has 1 heterocycles. The van der Waals surface area contributed by atoms with Crippen molar-refractivity contribution in [3.05, 3.63) is 70.1 Å². The van der Waals surface area contributed by atoms with Gasteiger partial charge in [-0.05, 0) is 29.8 Å². The van der Waals surface area contributed by atoms with E-state index in [0.29, 0.717) is 0 Å². The lowest BCUT2D eigenvalue weighted by atomic mass is 9.86. The van der Waals surface area contributed by atoms with Crippen LogP contribution in [-0.4, -0.2) is 48.7 Å². The number of carboxylic acid groups (broad SMARTS) is 1. The third-order valence-corrected chi connectivity index (χ3v) is 8.08. The summed E-state index contributed by atoms with van der Waals surface area (Å²) in [7, 11) is -4.24. The van der Waals surface area contributed by atoms with Crippen LogP contribution in [0.1, 0.15) is 42.1 Å². The monoisotopic (exact) mass is 523 g/mol. The molecule has 3 rings (SSSR count). The van der Waals surface area contributed by atoms with E-state index < -0.39 is 44.4 Å². The lowest BCUT2D eigenvalue weighted by molar-refractivity contribution is -0.133. The van der Waals surface area contributed by atoms with Crippen LogP contribution in [0.25, 0.3) is 0 Å². The molecule has 0 spiro atoms. The van der Waals surface area contributed by atoms with E-state index in [1.165, 1.54) is 18.2 Å². The average molecular weight is 524 g/mol. The van der Waals surface area contributed by atoms with Crippen LogP contribution in [0, 0.1) is 5.82 Å². The Morgan fingerprint density at radius 2 is 1.89 bits per heavy atom. The van der Waals surface area contributed by atoms with Gasteiger partial charge >= 0.3 is 5.97 Å². The van der Waals surface area contributed by atoms with Crippen LogP contribution in [0.4, 0.5) is 10.1 Å². The molecule has 0 fully saturated rings. The molecule has 9 nitrogen and oxygen atoms in total. The molecular weight excluding hydrogens is 501 g/mol. The molecule has 0 aromatic heterocycles. The number of anilines is 1. The first-order valence-electron chi connectivity index (χ1n) is 10.6. The van der Waals surface area contributed by atoms with Crippen LogP contribution < -0.4 is 10.6 Å². The first-order chi connectivity index (χ1) is 16.4. The van der Waals surface area contributed by atoms with Crippen LogP contribution in [0.5, 0.6) is 0 Å². The van der Waals surface area contributed by atoms with Crippen LogP contribution in [0.2, 0.25) is 5.02 Å². The number of benzene rings is 2. The second-order valence-electron chi connectivity index (χ2n) is 7.72. The minimum atomic E-state index is -4.24. The standard InChI is InChI=1S/C23H23ClFN3O6S/c1-3-27(4-2)35(33,34)20-9-16(22(26)30)18(24)11-19(20)28-12-17(23(31)32)15(10-21(28)29)13-6-5-7-14(25)8-13/h5-9,11-12,15H,3-4,10H2,1-2H3,(H2,26,30)(H,31,32). The highest BCUT2D eigenvalue weighted by atomic mass is 35.5. The Bertz CT molecular complexity index is 1340. The van der Waals surface area contributed by atoms with E-state index in [1.807, 2.05) is 0 Å². The number of hydrogen-bond donors (Lipinski definition) is 2. The minimum absolute atomic E-state index is 0.0958. The highest BCUT2D eigenvalue weighted by molar-refractivity contribution is 7.89. The van der Waals surface area contributed by atoms with Gasteiger partial charge in [-0.2, -0.15) is 4.31 Å². The number of halogens is 2. The Morgan fingerprint density at radius 1 is 1.23 bits per heavy atom. The predicted molar refractivity (Wildman–Crippen MR) is 127 cm³/mol. The van der Waals surface area contributed by atoms with E-state index >= 15 is 0 Å². The van der Waals surface area contributed by atoms with Crippen molar-refractivity contribution in [3.8, 4) is 0 Å². The number of primary amides is 1. The highest BCUT2D eigenvalue weighted by Gasteiger charge is 2.37. The summed E-state index contributed by atoms with van der Waals surface area (Å²) in [4.78, 5) is 37.6. The SMILES string of the molecule is CCN(CC)S(=O)(=O)c1cc(C(N)=O)c(Cl)cc1N1C=C(C(=O)O)C(c2cccc(F)c2)CC1=O. The quantitative estimate of drug-likeness (QED) is 0.545. The van der Waals surface area contributed by atoms with E-state index in [9.17, 15) is 32.3 Å². The molecule has 35 heavy (non-hydrogen) atoms. The second kappa shape index (κ2) is 10.1. The summed E-state index contributed by atoms with van der Waals surface area (Å²) in [5.74, 6) is -4.55. The van der Waals surface area contributed by atoms with E-state index in [0.717, 1.165) is 33.6 Å². The number of carbonyl (C=O) groups excluding carboxylic acids is 2. The third-order valence-electron chi connectivity index (χ3n) is 5.69. The van der Waals surface area contributed by atoms with Crippen molar-refractivity contribution in [3.63, 3.8) is 0 Å². The molecule has 0 saturated carbocycles. The smallest absolute Gasteiger partial charge is 0.333 e. The Balaban J connectivity index is 2.27. The number of aliphatic carboxylic acids is 1. The molecule has 1 aliphatic rings. The summed E-state index contributed by atoms with van der Waals surface area (Å²) in [5, 5.41) is 9.63. The van der Waals surface area contributed by atoms with Gasteiger partial charge in [-0.1, -0.05) is 37.6 Å². The number of amides is 2. The molecule has 1 atom stereocenters. The molecule has 0 radical (unpaired) electrons. The molecule has 12 heteroatoms. The second-order valence-corrected chi connectivity index (χ2v) is 10.0. The van der Waals surface area contributed by atoms with E-state index in [1.54, 1.807) is 13.8 Å². The molecule has 0 saturated heterocycles. The minimum Gasteiger partial charge on any atom is -0.478 e. The number of sulfonamides is 1. The van der Waals surface area contributed by atoms with Gasteiger partial charge in [0.1, 0.15) is 10.7 Å². The highest BCUT2D eigenvalue weighted by Crippen LogP contribution is 2.39. The summed E-state index contributed by atoms with van der Waals surface area (Å²) in [6.07, 6.45) is 0.627. The van der Waals surface area contributed by atoms with Crippen LogP contribution in [0.15, 0.2) is 53.1 Å². The first-order valence-corrected chi connectivity index (χ1v) is 12.4. The van der Waals surface area contributed by atoms with Crippen molar-refractivity contribution >= 4 is 45.1 Å². The summed E-state index contributed by atoms with van der Waals surface area (Å²) >= 11 is 6.18. The molecular formula is C23H23ClFN3O6S. The van der Waals surface area contributed by atoms with Gasteiger partial charge < -0.3 is 10.8 Å². The Labute approximate surface area is 206 Å². The fraction of sp³-hybridized carbons (Fsp3) is 0.261. The van der Waals surface area contributed by atoms with Crippen LogP contribution >= 0.6 is 11.6 Å². The van der Waals surface area contributed by atoms with Gasteiger partial charge in [0.15, 0.2) is 0 Å². The summed E-state index contributed by atoms with van der Waals surface area (Å²) < 4.78 is 41.7. The van der Waals surface area contributed by atoms with Gasteiger partial charge in [0, 0.05) is 31.6 Å². The molecule has 1 aliphatic heterocycles. The van der Waals surface area contributed by atoms with Gasteiger partial charge in [0.2, 0.25) is 21.8 Å². The van der Waals surface area contributed by atoms with E-state index in [-0.39, 0.29) is 46.9 Å². The number of carboxylic acids is 1. The Hall–Kier alpha value is -3.28. The lowest BCUT2D eigenvalue weighted by Crippen LogP contribution is -2.37. The van der Waals surface area contributed by atoms with Crippen LogP contribution in [-0.2, 0) is 19.6 Å². The molecule has 2 aromatic rings. The van der Waals surface area contributed by atoms with Gasteiger partial charge in [0.05, 0.1) is 21.8 Å². The van der Waals surface area contributed by atoms with E-state index in [4.69, 9.17) is 17.3 Å². The zero-order valence-electron chi connectivity index (χ0n) is 18.9. The maximum atomic E-state index is 13.8. The maximum Gasteiger partial charge on any atom is 0.333 e. The number of carbonyl (C=O) groups is 3.